The number of hydrogen-bond acceptors (Lipinski definition) is 3. The van der Waals surface area contributed by atoms with Gasteiger partial charge in [-0.3, -0.25) is 14.4 Å². The van der Waals surface area contributed by atoms with Crippen molar-refractivity contribution < 1.29 is 19.5 Å². The molecule has 3 aliphatic rings. The van der Waals surface area contributed by atoms with Gasteiger partial charge in [-0.1, -0.05) is 26.3 Å². The Hall–Kier alpha value is -1.71. The summed E-state index contributed by atoms with van der Waals surface area (Å²) in [4.78, 5) is 37.8. The molecule has 3 rings (SSSR count). The van der Waals surface area contributed by atoms with Gasteiger partial charge < -0.3 is 5.11 Å². The van der Waals surface area contributed by atoms with Gasteiger partial charge in [-0.2, -0.15) is 0 Å². The fourth-order valence-corrected chi connectivity index (χ4v) is 5.41. The molecule has 1 N–H and O–H groups in total. The number of hydrogen-bond donors (Lipinski definition) is 1. The van der Waals surface area contributed by atoms with Crippen molar-refractivity contribution >= 4 is 17.5 Å². The first-order chi connectivity index (χ1) is 11.1. The highest BCUT2D eigenvalue weighted by Crippen LogP contribution is 2.61. The molecule has 0 unspecified atom stereocenters. The maximum atomic E-state index is 13.0. The van der Waals surface area contributed by atoms with Crippen LogP contribution in [0.1, 0.15) is 59.3 Å². The molecule has 24 heavy (non-hydrogen) atoms. The average molecular weight is 330 g/mol. The molecule has 0 aromatic heterocycles. The van der Waals surface area contributed by atoms with E-state index in [4.69, 9.17) is 0 Å². The van der Waals surface area contributed by atoms with E-state index in [-0.39, 0.29) is 29.3 Å². The van der Waals surface area contributed by atoms with Gasteiger partial charge in [0.15, 0.2) is 11.6 Å². The molecule has 0 aromatic carbocycles. The Kier molecular flexibility index (Phi) is 3.67. The largest absolute Gasteiger partial charge is 0.481 e. The highest BCUT2D eigenvalue weighted by Gasteiger charge is 2.60. The van der Waals surface area contributed by atoms with Gasteiger partial charge in [-0.15, -0.1) is 6.58 Å². The highest BCUT2D eigenvalue weighted by atomic mass is 16.4. The predicted molar refractivity (Wildman–Crippen MR) is 90.4 cm³/mol. The number of ketones is 2. The average Bonchev–Trinajstić information content (AvgIpc) is 2.49. The molecular weight excluding hydrogens is 304 g/mol. The standard InChI is InChI=1S/C20H26O4/c1-5-18(2)10-12-13(21)9-15-19(3,16(12)14(22)11-18)7-6-8-20(15,4)17(23)24/h5,15H,1,6-11H2,2-4H3,(H,23,24)/t15-,18+,19+,20+/m0/s1. The Bertz CT molecular complexity index is 688. The quantitative estimate of drug-likeness (QED) is 0.784. The second-order valence-electron chi connectivity index (χ2n) is 8.66. The van der Waals surface area contributed by atoms with Gasteiger partial charge in [0.1, 0.15) is 0 Å². The topological polar surface area (TPSA) is 71.4 Å². The number of carbonyl (C=O) groups is 3. The van der Waals surface area contributed by atoms with Crippen molar-refractivity contribution in [3.63, 3.8) is 0 Å². The summed E-state index contributed by atoms with van der Waals surface area (Å²) in [6.07, 6.45) is 5.03. The van der Waals surface area contributed by atoms with Gasteiger partial charge in [-0.25, -0.2) is 0 Å². The van der Waals surface area contributed by atoms with Crippen LogP contribution in [0, 0.1) is 22.2 Å². The van der Waals surface area contributed by atoms with Gasteiger partial charge in [0.25, 0.3) is 0 Å². The summed E-state index contributed by atoms with van der Waals surface area (Å²) in [7, 11) is 0. The summed E-state index contributed by atoms with van der Waals surface area (Å²) >= 11 is 0. The normalized spacial score (nSPS) is 42.4. The molecule has 0 spiro atoms. The molecular formula is C20H26O4. The van der Waals surface area contributed by atoms with Crippen LogP contribution < -0.4 is 0 Å². The van der Waals surface area contributed by atoms with Crippen molar-refractivity contribution in [2.24, 2.45) is 22.2 Å². The lowest BCUT2D eigenvalue weighted by atomic mass is 9.47. The summed E-state index contributed by atoms with van der Waals surface area (Å²) in [5.74, 6) is -1.19. The number of fused-ring (bicyclic) bond motifs is 2. The molecule has 0 heterocycles. The maximum absolute atomic E-state index is 13.0. The third-order valence-corrected chi connectivity index (χ3v) is 6.93. The number of carbonyl (C=O) groups excluding carboxylic acids is 2. The van der Waals surface area contributed by atoms with Gasteiger partial charge in [0.05, 0.1) is 5.41 Å². The van der Waals surface area contributed by atoms with Crippen molar-refractivity contribution in [2.45, 2.75) is 59.3 Å². The predicted octanol–water partition coefficient (Wildman–Crippen LogP) is 3.71. The molecule has 0 amide bonds. The van der Waals surface area contributed by atoms with Crippen molar-refractivity contribution in [2.75, 3.05) is 0 Å². The highest BCUT2D eigenvalue weighted by molar-refractivity contribution is 6.10. The molecule has 0 saturated heterocycles. The van der Waals surface area contributed by atoms with E-state index in [1.54, 1.807) is 13.0 Å². The number of Topliss-reactive ketones (excluding diaryl/α,β-unsaturated/α-hetero) is 2. The van der Waals surface area contributed by atoms with E-state index in [1.165, 1.54) is 0 Å². The number of carboxylic acid groups (broad SMARTS) is 1. The van der Waals surface area contributed by atoms with E-state index in [9.17, 15) is 19.5 Å². The monoisotopic (exact) mass is 330 g/mol. The maximum Gasteiger partial charge on any atom is 0.309 e. The van der Waals surface area contributed by atoms with Crippen LogP contribution in [0.4, 0.5) is 0 Å². The molecule has 0 aromatic rings. The first-order valence-electron chi connectivity index (χ1n) is 8.74. The second kappa shape index (κ2) is 5.14. The zero-order valence-corrected chi connectivity index (χ0v) is 14.8. The summed E-state index contributed by atoms with van der Waals surface area (Å²) in [6.45, 7) is 9.55. The Morgan fingerprint density at radius 3 is 2.42 bits per heavy atom. The smallest absolute Gasteiger partial charge is 0.309 e. The molecule has 3 aliphatic carbocycles. The first kappa shape index (κ1) is 17.1. The molecule has 0 radical (unpaired) electrons. The van der Waals surface area contributed by atoms with Crippen LogP contribution in [0.3, 0.4) is 0 Å². The SMILES string of the molecule is C=C[C@@]1(C)CC(=O)C2=C(C1)C(=O)C[C@@H]1[C@](C)(C(=O)O)CCC[C@@]21C. The van der Waals surface area contributed by atoms with Crippen LogP contribution in [-0.2, 0) is 14.4 Å². The fraction of sp³-hybridized carbons (Fsp3) is 0.650. The van der Waals surface area contributed by atoms with Gasteiger partial charge >= 0.3 is 5.97 Å². The zero-order chi connectivity index (χ0) is 17.9. The van der Waals surface area contributed by atoms with E-state index >= 15 is 0 Å². The van der Waals surface area contributed by atoms with Crippen LogP contribution in [0.15, 0.2) is 23.8 Å². The van der Waals surface area contributed by atoms with Crippen LogP contribution in [0.25, 0.3) is 0 Å². The number of allylic oxidation sites excluding steroid dienone is 3. The molecule has 4 heteroatoms. The summed E-state index contributed by atoms with van der Waals surface area (Å²) < 4.78 is 0. The third kappa shape index (κ3) is 2.15. The Labute approximate surface area is 143 Å². The Balaban J connectivity index is 2.17. The number of aliphatic carboxylic acids is 1. The second-order valence-corrected chi connectivity index (χ2v) is 8.66. The lowest BCUT2D eigenvalue weighted by Crippen LogP contribution is -2.54. The van der Waals surface area contributed by atoms with Crippen LogP contribution in [0.2, 0.25) is 0 Å². The minimum absolute atomic E-state index is 0.00818. The molecule has 130 valence electrons. The number of carboxylic acids is 1. The first-order valence-corrected chi connectivity index (χ1v) is 8.74. The summed E-state index contributed by atoms with van der Waals surface area (Å²) in [6, 6.07) is 0. The minimum atomic E-state index is -0.944. The lowest BCUT2D eigenvalue weighted by molar-refractivity contribution is -0.160. The minimum Gasteiger partial charge on any atom is -0.481 e. The summed E-state index contributed by atoms with van der Waals surface area (Å²) in [5, 5.41) is 9.79. The van der Waals surface area contributed by atoms with Crippen LogP contribution in [-0.4, -0.2) is 22.6 Å². The number of rotatable bonds is 2. The molecule has 4 nitrogen and oxygen atoms in total. The molecule has 0 aliphatic heterocycles. The molecule has 1 saturated carbocycles. The van der Waals surface area contributed by atoms with Crippen molar-refractivity contribution in [3.8, 4) is 0 Å². The fourth-order valence-electron chi connectivity index (χ4n) is 5.41. The molecule has 4 atom stereocenters. The Morgan fingerprint density at radius 1 is 1.17 bits per heavy atom. The van der Waals surface area contributed by atoms with Gasteiger partial charge in [0.2, 0.25) is 0 Å². The zero-order valence-electron chi connectivity index (χ0n) is 14.8. The molecule has 0 bridgehead atoms. The van der Waals surface area contributed by atoms with E-state index in [2.05, 4.69) is 6.58 Å². The summed E-state index contributed by atoms with van der Waals surface area (Å²) in [5.41, 5.74) is -0.550. The van der Waals surface area contributed by atoms with Crippen molar-refractivity contribution in [1.29, 1.82) is 0 Å². The van der Waals surface area contributed by atoms with Crippen LogP contribution in [0.5, 0.6) is 0 Å². The molecule has 1 fully saturated rings. The Morgan fingerprint density at radius 2 is 1.83 bits per heavy atom. The van der Waals surface area contributed by atoms with Gasteiger partial charge in [-0.05, 0) is 37.5 Å². The van der Waals surface area contributed by atoms with Crippen LogP contribution >= 0.6 is 0 Å². The van der Waals surface area contributed by atoms with E-state index in [1.807, 2.05) is 13.8 Å². The third-order valence-electron chi connectivity index (χ3n) is 6.93. The van der Waals surface area contributed by atoms with Crippen molar-refractivity contribution in [3.05, 3.63) is 23.8 Å². The van der Waals surface area contributed by atoms with E-state index in [0.29, 0.717) is 30.4 Å². The van der Waals surface area contributed by atoms with E-state index in [0.717, 1.165) is 12.8 Å². The van der Waals surface area contributed by atoms with Gasteiger partial charge in [0, 0.05) is 29.4 Å². The van der Waals surface area contributed by atoms with Crippen molar-refractivity contribution in [1.82, 2.24) is 0 Å². The van der Waals surface area contributed by atoms with E-state index < -0.39 is 16.8 Å². The lowest BCUT2D eigenvalue weighted by Gasteiger charge is -2.55.